The molecule has 1 heterocycles. The largest absolute Gasteiger partial charge is 0.423 e. The van der Waals surface area contributed by atoms with Crippen molar-refractivity contribution in [1.82, 2.24) is 5.32 Å². The molecule has 174 valence electrons. The van der Waals surface area contributed by atoms with Crippen molar-refractivity contribution >= 4 is 80.2 Å². The van der Waals surface area contributed by atoms with Gasteiger partial charge in [-0.25, -0.2) is 14.5 Å². The van der Waals surface area contributed by atoms with Crippen molar-refractivity contribution in [2.75, 3.05) is 4.90 Å². The summed E-state index contributed by atoms with van der Waals surface area (Å²) in [6.45, 7) is 0. The quantitative estimate of drug-likeness (QED) is 0.133. The van der Waals surface area contributed by atoms with Gasteiger partial charge in [0.05, 0.1) is 5.69 Å². The highest BCUT2D eigenvalue weighted by molar-refractivity contribution is 14.1. The number of urea groups is 1. The standard InChI is InChI=1S/C26H16BrIN2O5/c27-18-7-12-22(35-23(31)13-6-16-4-2-1-3-5-16)17(14-18)15-21-24(32)29-26(34)30(25(21)33)20-10-8-19(28)9-11-20/h1-15H,(H,29,32,34)/b13-6+,21-15-. The van der Waals surface area contributed by atoms with Gasteiger partial charge < -0.3 is 4.74 Å². The van der Waals surface area contributed by atoms with Crippen LogP contribution in [0.2, 0.25) is 0 Å². The number of benzene rings is 3. The van der Waals surface area contributed by atoms with Gasteiger partial charge in [0.1, 0.15) is 11.3 Å². The van der Waals surface area contributed by atoms with Crippen molar-refractivity contribution in [3.8, 4) is 5.75 Å². The molecule has 0 aliphatic carbocycles. The Balaban J connectivity index is 1.64. The first-order valence-corrected chi connectivity index (χ1v) is 12.1. The molecule has 3 aromatic carbocycles. The molecule has 0 unspecified atom stereocenters. The fraction of sp³-hybridized carbons (Fsp3) is 0. The maximum Gasteiger partial charge on any atom is 0.336 e. The molecule has 0 atom stereocenters. The number of nitrogens with one attached hydrogen (secondary N) is 1. The van der Waals surface area contributed by atoms with E-state index in [1.165, 1.54) is 18.2 Å². The number of nitrogens with zero attached hydrogens (tertiary/aromatic N) is 1. The molecular weight excluding hydrogens is 627 g/mol. The molecule has 1 aliphatic rings. The number of amides is 4. The molecule has 1 aliphatic heterocycles. The average Bonchev–Trinajstić information content (AvgIpc) is 2.84. The molecule has 1 saturated heterocycles. The van der Waals surface area contributed by atoms with Gasteiger partial charge in [-0.2, -0.15) is 0 Å². The van der Waals surface area contributed by atoms with E-state index < -0.39 is 23.8 Å². The van der Waals surface area contributed by atoms with Gasteiger partial charge in [0.15, 0.2) is 0 Å². The van der Waals surface area contributed by atoms with Crippen LogP contribution >= 0.6 is 38.5 Å². The number of carbonyl (C=O) groups excluding carboxylic acids is 4. The van der Waals surface area contributed by atoms with E-state index in [4.69, 9.17) is 4.74 Å². The Bertz CT molecular complexity index is 1380. The Morgan fingerprint density at radius 1 is 0.971 bits per heavy atom. The van der Waals surface area contributed by atoms with Crippen LogP contribution in [0.1, 0.15) is 11.1 Å². The first kappa shape index (κ1) is 24.6. The Kier molecular flexibility index (Phi) is 7.57. The van der Waals surface area contributed by atoms with E-state index in [1.54, 1.807) is 42.5 Å². The molecule has 0 radical (unpaired) electrons. The third-order valence-corrected chi connectivity index (χ3v) is 6.09. The lowest BCUT2D eigenvalue weighted by Gasteiger charge is -2.26. The minimum Gasteiger partial charge on any atom is -0.423 e. The fourth-order valence-corrected chi connectivity index (χ4v) is 3.97. The molecule has 4 amide bonds. The van der Waals surface area contributed by atoms with Crippen LogP contribution in [0, 0.1) is 3.57 Å². The Labute approximate surface area is 222 Å². The van der Waals surface area contributed by atoms with Crippen LogP contribution in [0.5, 0.6) is 5.75 Å². The summed E-state index contributed by atoms with van der Waals surface area (Å²) in [7, 11) is 0. The minimum absolute atomic E-state index is 0.140. The van der Waals surface area contributed by atoms with E-state index in [-0.39, 0.29) is 11.3 Å². The van der Waals surface area contributed by atoms with Crippen LogP contribution in [0.4, 0.5) is 10.5 Å². The summed E-state index contributed by atoms with van der Waals surface area (Å²) < 4.78 is 7.02. The minimum atomic E-state index is -0.844. The summed E-state index contributed by atoms with van der Waals surface area (Å²) in [6, 6.07) is 19.9. The van der Waals surface area contributed by atoms with Gasteiger partial charge in [0, 0.05) is 19.7 Å². The Morgan fingerprint density at radius 3 is 2.40 bits per heavy atom. The smallest absolute Gasteiger partial charge is 0.336 e. The van der Waals surface area contributed by atoms with Crippen molar-refractivity contribution in [3.05, 3.63) is 104 Å². The number of imide groups is 2. The fourth-order valence-electron chi connectivity index (χ4n) is 3.23. The number of hydrogen-bond donors (Lipinski definition) is 1. The number of barbiturate groups is 1. The molecule has 0 saturated carbocycles. The average molecular weight is 643 g/mol. The topological polar surface area (TPSA) is 92.8 Å². The summed E-state index contributed by atoms with van der Waals surface area (Å²) in [5.41, 5.74) is 1.17. The summed E-state index contributed by atoms with van der Waals surface area (Å²) >= 11 is 5.45. The maximum absolute atomic E-state index is 13.2. The first-order chi connectivity index (χ1) is 16.8. The predicted octanol–water partition coefficient (Wildman–Crippen LogP) is 5.34. The molecule has 0 bridgehead atoms. The molecule has 0 aromatic heterocycles. The van der Waals surface area contributed by atoms with Crippen LogP contribution in [-0.2, 0) is 14.4 Å². The van der Waals surface area contributed by atoms with Gasteiger partial charge in [-0.05, 0) is 82.8 Å². The van der Waals surface area contributed by atoms with Crippen molar-refractivity contribution < 1.29 is 23.9 Å². The van der Waals surface area contributed by atoms with E-state index in [2.05, 4.69) is 43.8 Å². The molecule has 1 fully saturated rings. The van der Waals surface area contributed by atoms with Crippen LogP contribution in [0.3, 0.4) is 0 Å². The molecule has 35 heavy (non-hydrogen) atoms. The van der Waals surface area contributed by atoms with Crippen molar-refractivity contribution in [1.29, 1.82) is 0 Å². The second-order valence-electron chi connectivity index (χ2n) is 7.28. The second-order valence-corrected chi connectivity index (χ2v) is 9.44. The maximum atomic E-state index is 13.2. The molecular formula is C26H16BrIN2O5. The Hall–Kier alpha value is -3.57. The van der Waals surface area contributed by atoms with E-state index in [0.29, 0.717) is 15.7 Å². The third kappa shape index (κ3) is 5.92. The number of esters is 1. The summed E-state index contributed by atoms with van der Waals surface area (Å²) in [6.07, 6.45) is 4.18. The highest BCUT2D eigenvalue weighted by atomic mass is 127. The second kappa shape index (κ2) is 10.8. The number of ether oxygens (including phenoxy) is 1. The molecule has 4 rings (SSSR count). The third-order valence-electron chi connectivity index (χ3n) is 4.88. The van der Waals surface area contributed by atoms with Crippen LogP contribution in [0.15, 0.2) is 88.9 Å². The normalized spacial score (nSPS) is 15.0. The lowest BCUT2D eigenvalue weighted by Crippen LogP contribution is -2.54. The highest BCUT2D eigenvalue weighted by Gasteiger charge is 2.37. The van der Waals surface area contributed by atoms with Crippen molar-refractivity contribution in [3.63, 3.8) is 0 Å². The van der Waals surface area contributed by atoms with Crippen LogP contribution in [-0.4, -0.2) is 23.8 Å². The number of carbonyl (C=O) groups is 4. The zero-order valence-corrected chi connectivity index (χ0v) is 21.6. The summed E-state index contributed by atoms with van der Waals surface area (Å²) in [5.74, 6) is -2.13. The lowest BCUT2D eigenvalue weighted by molar-refractivity contribution is -0.129. The first-order valence-electron chi connectivity index (χ1n) is 10.2. The molecule has 7 nitrogen and oxygen atoms in total. The monoisotopic (exact) mass is 642 g/mol. The van der Waals surface area contributed by atoms with Crippen LogP contribution < -0.4 is 15.0 Å². The molecule has 3 aromatic rings. The number of anilines is 1. The number of hydrogen-bond acceptors (Lipinski definition) is 5. The summed E-state index contributed by atoms with van der Waals surface area (Å²) in [4.78, 5) is 51.4. The molecule has 0 spiro atoms. The zero-order valence-electron chi connectivity index (χ0n) is 17.9. The number of rotatable bonds is 5. The van der Waals surface area contributed by atoms with Gasteiger partial charge in [-0.1, -0.05) is 46.3 Å². The number of halogens is 2. The van der Waals surface area contributed by atoms with Gasteiger partial charge in [-0.3, -0.25) is 14.9 Å². The van der Waals surface area contributed by atoms with Crippen LogP contribution in [0.25, 0.3) is 12.2 Å². The van der Waals surface area contributed by atoms with Gasteiger partial charge in [0.25, 0.3) is 11.8 Å². The van der Waals surface area contributed by atoms with E-state index in [9.17, 15) is 19.2 Å². The van der Waals surface area contributed by atoms with Gasteiger partial charge in [0.2, 0.25) is 0 Å². The zero-order chi connectivity index (χ0) is 24.9. The lowest BCUT2D eigenvalue weighted by atomic mass is 10.1. The van der Waals surface area contributed by atoms with Crippen molar-refractivity contribution in [2.45, 2.75) is 0 Å². The Morgan fingerprint density at radius 2 is 1.69 bits per heavy atom. The SMILES string of the molecule is O=C(/C=C/c1ccccc1)Oc1ccc(Br)cc1/C=C1/C(=O)NC(=O)N(c2ccc(I)cc2)C1=O. The van der Waals surface area contributed by atoms with Gasteiger partial charge in [-0.15, -0.1) is 0 Å². The van der Waals surface area contributed by atoms with E-state index >= 15 is 0 Å². The molecule has 9 heteroatoms. The van der Waals surface area contributed by atoms with Gasteiger partial charge >= 0.3 is 12.0 Å². The van der Waals surface area contributed by atoms with Crippen molar-refractivity contribution in [2.24, 2.45) is 0 Å². The van der Waals surface area contributed by atoms with E-state index in [1.807, 2.05) is 30.3 Å². The predicted molar refractivity (Wildman–Crippen MR) is 143 cm³/mol. The van der Waals surface area contributed by atoms with E-state index in [0.717, 1.165) is 14.0 Å². The highest BCUT2D eigenvalue weighted by Crippen LogP contribution is 2.28. The molecule has 1 N–H and O–H groups in total. The summed E-state index contributed by atoms with van der Waals surface area (Å²) in [5, 5.41) is 2.18.